The summed E-state index contributed by atoms with van der Waals surface area (Å²) in [4.78, 5) is 5.99. The molecule has 1 aromatic heterocycles. The highest BCUT2D eigenvalue weighted by molar-refractivity contribution is 7.11. The number of nitrogens with zero attached hydrogens (tertiary/aromatic N) is 1. The predicted molar refractivity (Wildman–Crippen MR) is 89.3 cm³/mol. The van der Waals surface area contributed by atoms with Gasteiger partial charge >= 0.3 is 0 Å². The number of hydrogen-bond acceptors (Lipinski definition) is 4. The van der Waals surface area contributed by atoms with Crippen molar-refractivity contribution >= 4 is 11.3 Å². The van der Waals surface area contributed by atoms with Crippen molar-refractivity contribution in [2.75, 3.05) is 6.54 Å². The number of thiazole rings is 1. The minimum Gasteiger partial charge on any atom is -0.491 e. The van der Waals surface area contributed by atoms with Crippen molar-refractivity contribution in [1.29, 1.82) is 0 Å². The van der Waals surface area contributed by atoms with Crippen LogP contribution < -0.4 is 10.1 Å². The molecule has 2 aromatic rings. The van der Waals surface area contributed by atoms with Gasteiger partial charge < -0.3 is 10.1 Å². The van der Waals surface area contributed by atoms with Crippen molar-refractivity contribution < 1.29 is 4.74 Å². The zero-order valence-electron chi connectivity index (χ0n) is 13.4. The molecule has 0 amide bonds. The number of benzene rings is 1. The van der Waals surface area contributed by atoms with Crippen molar-refractivity contribution in [2.24, 2.45) is 0 Å². The molecule has 3 nitrogen and oxygen atoms in total. The Kier molecular flexibility index (Phi) is 5.37. The molecule has 0 aliphatic heterocycles. The number of hydrogen-bond donors (Lipinski definition) is 1. The number of aryl methyl sites for hydroxylation is 2. The summed E-state index contributed by atoms with van der Waals surface area (Å²) >= 11 is 1.76. The van der Waals surface area contributed by atoms with Crippen molar-refractivity contribution in [1.82, 2.24) is 10.3 Å². The molecular weight excluding hydrogens is 280 g/mol. The smallest absolute Gasteiger partial charge is 0.120 e. The molecule has 0 saturated heterocycles. The summed E-state index contributed by atoms with van der Waals surface area (Å²) in [6, 6.07) is 8.42. The third-order valence-corrected chi connectivity index (χ3v) is 4.40. The van der Waals surface area contributed by atoms with Gasteiger partial charge in [0.25, 0.3) is 0 Å². The molecule has 0 aliphatic carbocycles. The van der Waals surface area contributed by atoms with Crippen LogP contribution in [-0.2, 0) is 0 Å². The first-order chi connectivity index (χ1) is 10.0. The molecule has 0 fully saturated rings. The van der Waals surface area contributed by atoms with Gasteiger partial charge in [0.15, 0.2) is 0 Å². The van der Waals surface area contributed by atoms with E-state index in [1.807, 2.05) is 26.0 Å². The van der Waals surface area contributed by atoms with E-state index < -0.39 is 0 Å². The van der Waals surface area contributed by atoms with Crippen LogP contribution in [0.5, 0.6) is 5.75 Å². The number of ether oxygens (including phenoxy) is 1. The Labute approximate surface area is 131 Å². The summed E-state index contributed by atoms with van der Waals surface area (Å²) in [5, 5.41) is 4.65. The summed E-state index contributed by atoms with van der Waals surface area (Å²) in [5.41, 5.74) is 2.32. The van der Waals surface area contributed by atoms with E-state index in [1.54, 1.807) is 11.3 Å². The summed E-state index contributed by atoms with van der Waals surface area (Å²) in [5.74, 6) is 0.912. The fourth-order valence-electron chi connectivity index (χ4n) is 2.21. The average molecular weight is 304 g/mol. The molecular formula is C17H24N2OS. The van der Waals surface area contributed by atoms with Crippen molar-refractivity contribution in [3.05, 3.63) is 45.4 Å². The largest absolute Gasteiger partial charge is 0.491 e. The standard InChI is InChI=1S/C17H24N2OS/c1-6-18-16(17-19-12(4)13(5)21-17)14-8-7-9-15(10-14)20-11(2)3/h7-11,16,18H,6H2,1-5H3. The molecule has 114 valence electrons. The van der Waals surface area contributed by atoms with E-state index in [9.17, 15) is 0 Å². The summed E-state index contributed by atoms with van der Waals surface area (Å²) in [7, 11) is 0. The van der Waals surface area contributed by atoms with Crippen LogP contribution in [0.4, 0.5) is 0 Å². The van der Waals surface area contributed by atoms with Gasteiger partial charge in [0.1, 0.15) is 10.8 Å². The first-order valence-corrected chi connectivity index (χ1v) is 8.26. The van der Waals surface area contributed by atoms with Gasteiger partial charge in [0.2, 0.25) is 0 Å². The molecule has 1 aromatic carbocycles. The first kappa shape index (κ1) is 16.0. The van der Waals surface area contributed by atoms with Crippen molar-refractivity contribution in [3.63, 3.8) is 0 Å². The second-order valence-electron chi connectivity index (χ2n) is 5.42. The highest BCUT2D eigenvalue weighted by Gasteiger charge is 2.18. The van der Waals surface area contributed by atoms with Gasteiger partial charge in [-0.05, 0) is 51.9 Å². The number of rotatable bonds is 6. The van der Waals surface area contributed by atoms with Crippen LogP contribution in [0.25, 0.3) is 0 Å². The summed E-state index contributed by atoms with van der Waals surface area (Å²) in [6.07, 6.45) is 0.183. The maximum atomic E-state index is 5.80. The molecule has 4 heteroatoms. The molecule has 1 N–H and O–H groups in total. The molecule has 0 radical (unpaired) electrons. The van der Waals surface area contributed by atoms with E-state index in [1.165, 1.54) is 10.4 Å². The van der Waals surface area contributed by atoms with Crippen LogP contribution in [0.2, 0.25) is 0 Å². The van der Waals surface area contributed by atoms with Crippen LogP contribution in [0.15, 0.2) is 24.3 Å². The minimum atomic E-state index is 0.128. The van der Waals surface area contributed by atoms with Crippen LogP contribution in [0, 0.1) is 13.8 Å². The van der Waals surface area contributed by atoms with E-state index >= 15 is 0 Å². The molecule has 1 atom stereocenters. The van der Waals surface area contributed by atoms with Gasteiger partial charge in [0.05, 0.1) is 17.8 Å². The quantitative estimate of drug-likeness (QED) is 0.866. The maximum absolute atomic E-state index is 5.80. The predicted octanol–water partition coefficient (Wildman–Crippen LogP) is 4.25. The lowest BCUT2D eigenvalue weighted by atomic mass is 10.1. The molecule has 21 heavy (non-hydrogen) atoms. The maximum Gasteiger partial charge on any atom is 0.120 e. The minimum absolute atomic E-state index is 0.128. The topological polar surface area (TPSA) is 34.1 Å². The molecule has 1 heterocycles. The van der Waals surface area contributed by atoms with Gasteiger partial charge in [-0.15, -0.1) is 11.3 Å². The zero-order valence-corrected chi connectivity index (χ0v) is 14.3. The van der Waals surface area contributed by atoms with Crippen LogP contribution in [-0.4, -0.2) is 17.6 Å². The van der Waals surface area contributed by atoms with E-state index in [-0.39, 0.29) is 12.1 Å². The van der Waals surface area contributed by atoms with Crippen LogP contribution in [0.1, 0.15) is 48.0 Å². The Hall–Kier alpha value is -1.39. The number of aromatic nitrogens is 1. The number of nitrogens with one attached hydrogen (secondary N) is 1. The Morgan fingerprint density at radius 2 is 2.05 bits per heavy atom. The second-order valence-corrected chi connectivity index (χ2v) is 6.66. The van der Waals surface area contributed by atoms with Crippen LogP contribution >= 0.6 is 11.3 Å². The third kappa shape index (κ3) is 4.05. The fourth-order valence-corrected chi connectivity index (χ4v) is 3.24. The van der Waals surface area contributed by atoms with E-state index in [0.29, 0.717) is 0 Å². The normalized spacial score (nSPS) is 12.7. The van der Waals surface area contributed by atoms with Gasteiger partial charge in [0, 0.05) is 4.88 Å². The highest BCUT2D eigenvalue weighted by Crippen LogP contribution is 2.29. The van der Waals surface area contributed by atoms with E-state index in [0.717, 1.165) is 23.0 Å². The van der Waals surface area contributed by atoms with Crippen molar-refractivity contribution in [2.45, 2.75) is 46.8 Å². The lowest BCUT2D eigenvalue weighted by molar-refractivity contribution is 0.242. The second kappa shape index (κ2) is 7.05. The Morgan fingerprint density at radius 3 is 2.62 bits per heavy atom. The Bertz CT molecular complexity index is 573. The average Bonchev–Trinajstić information content (AvgIpc) is 2.75. The van der Waals surface area contributed by atoms with Crippen molar-refractivity contribution in [3.8, 4) is 5.75 Å². The summed E-state index contributed by atoms with van der Waals surface area (Å²) < 4.78 is 5.80. The molecule has 2 rings (SSSR count). The Balaban J connectivity index is 2.33. The monoisotopic (exact) mass is 304 g/mol. The molecule has 0 saturated carbocycles. The highest BCUT2D eigenvalue weighted by atomic mass is 32.1. The summed E-state index contributed by atoms with van der Waals surface area (Å²) in [6.45, 7) is 11.3. The zero-order chi connectivity index (χ0) is 15.4. The molecule has 0 aliphatic rings. The lowest BCUT2D eigenvalue weighted by Gasteiger charge is -2.18. The van der Waals surface area contributed by atoms with Gasteiger partial charge in [-0.25, -0.2) is 4.98 Å². The molecule has 0 spiro atoms. The lowest BCUT2D eigenvalue weighted by Crippen LogP contribution is -2.22. The molecule has 0 bridgehead atoms. The van der Waals surface area contributed by atoms with Crippen LogP contribution in [0.3, 0.4) is 0 Å². The van der Waals surface area contributed by atoms with E-state index in [2.05, 4.69) is 38.2 Å². The SMILES string of the molecule is CCNC(c1cccc(OC(C)C)c1)c1nc(C)c(C)s1. The fraction of sp³-hybridized carbons (Fsp3) is 0.471. The molecule has 1 unspecified atom stereocenters. The van der Waals surface area contributed by atoms with E-state index in [4.69, 9.17) is 9.72 Å². The van der Waals surface area contributed by atoms with Gasteiger partial charge in [-0.2, -0.15) is 0 Å². The third-order valence-electron chi connectivity index (χ3n) is 3.26. The Morgan fingerprint density at radius 1 is 1.29 bits per heavy atom. The van der Waals surface area contributed by atoms with Gasteiger partial charge in [-0.1, -0.05) is 19.1 Å². The van der Waals surface area contributed by atoms with Gasteiger partial charge in [-0.3, -0.25) is 0 Å². The first-order valence-electron chi connectivity index (χ1n) is 7.45.